The molecule has 2 aromatic carbocycles. The van der Waals surface area contributed by atoms with Crippen LogP contribution in [0.1, 0.15) is 42.6 Å². The zero-order chi connectivity index (χ0) is 17.2. The van der Waals surface area contributed by atoms with Crippen LogP contribution in [0.25, 0.3) is 6.08 Å². The summed E-state index contributed by atoms with van der Waals surface area (Å²) < 4.78 is 23.7. The van der Waals surface area contributed by atoms with Gasteiger partial charge in [-0.15, -0.1) is 0 Å². The lowest BCUT2D eigenvalue weighted by atomic mass is 9.88. The molecule has 0 fully saturated rings. The molecule has 5 rings (SSSR count). The highest BCUT2D eigenvalue weighted by Crippen LogP contribution is 2.53. The second-order valence-electron chi connectivity index (χ2n) is 7.33. The molecule has 3 heterocycles. The molecule has 0 saturated carbocycles. The fourth-order valence-electron chi connectivity index (χ4n) is 3.83. The van der Waals surface area contributed by atoms with E-state index in [9.17, 15) is 0 Å². The van der Waals surface area contributed by atoms with Crippen molar-refractivity contribution in [2.75, 3.05) is 13.7 Å². The molecule has 0 bridgehead atoms. The molecule has 2 unspecified atom stereocenters. The Bertz CT molecular complexity index is 897. The summed E-state index contributed by atoms with van der Waals surface area (Å²) in [7, 11) is 1.66. The van der Waals surface area contributed by atoms with E-state index in [1.54, 1.807) is 7.11 Å². The van der Waals surface area contributed by atoms with Gasteiger partial charge in [-0.1, -0.05) is 6.08 Å². The van der Waals surface area contributed by atoms with Crippen molar-refractivity contribution in [3.8, 4) is 23.0 Å². The molecular weight excluding hydrogens is 316 g/mol. The minimum absolute atomic E-state index is 0.0227. The van der Waals surface area contributed by atoms with Crippen LogP contribution < -0.4 is 18.9 Å². The maximum absolute atomic E-state index is 6.32. The van der Waals surface area contributed by atoms with E-state index in [0.717, 1.165) is 34.1 Å². The van der Waals surface area contributed by atoms with Gasteiger partial charge in [-0.25, -0.2) is 0 Å². The van der Waals surface area contributed by atoms with E-state index in [0.29, 0.717) is 6.61 Å². The van der Waals surface area contributed by atoms with Gasteiger partial charge in [0, 0.05) is 28.8 Å². The van der Waals surface area contributed by atoms with Gasteiger partial charge >= 0.3 is 0 Å². The Morgan fingerprint density at radius 1 is 1.04 bits per heavy atom. The van der Waals surface area contributed by atoms with E-state index in [1.807, 2.05) is 24.3 Å². The van der Waals surface area contributed by atoms with Crippen LogP contribution in [0.2, 0.25) is 0 Å². The van der Waals surface area contributed by atoms with Gasteiger partial charge in [-0.05, 0) is 38.1 Å². The molecule has 0 aromatic heterocycles. The monoisotopic (exact) mass is 336 g/mol. The standard InChI is InChI=1S/C21H20O4/c1-21(2)7-6-12-8-15-16-11-23-18-9-13(22-3)4-5-14(18)20(16)24-19(15)10-17(12)25-21/h4-10,16,20H,11H2,1-3H3. The second-order valence-corrected chi connectivity index (χ2v) is 7.33. The third-order valence-corrected chi connectivity index (χ3v) is 5.14. The van der Waals surface area contributed by atoms with Crippen molar-refractivity contribution >= 4 is 6.08 Å². The quantitative estimate of drug-likeness (QED) is 0.769. The van der Waals surface area contributed by atoms with Crippen molar-refractivity contribution < 1.29 is 18.9 Å². The lowest BCUT2D eigenvalue weighted by molar-refractivity contribution is 0.138. The van der Waals surface area contributed by atoms with E-state index in [4.69, 9.17) is 18.9 Å². The fraction of sp³-hybridized carbons (Fsp3) is 0.333. The highest BCUT2D eigenvalue weighted by molar-refractivity contribution is 5.66. The average molecular weight is 336 g/mol. The zero-order valence-electron chi connectivity index (χ0n) is 14.5. The van der Waals surface area contributed by atoms with Crippen LogP contribution in [0.3, 0.4) is 0 Å². The van der Waals surface area contributed by atoms with Gasteiger partial charge in [-0.2, -0.15) is 0 Å². The molecule has 4 heteroatoms. The normalized spacial score (nSPS) is 24.0. The summed E-state index contributed by atoms with van der Waals surface area (Å²) in [5.74, 6) is 3.61. The third-order valence-electron chi connectivity index (χ3n) is 5.14. The first kappa shape index (κ1) is 14.7. The first-order valence-electron chi connectivity index (χ1n) is 8.58. The number of hydrogen-bond donors (Lipinski definition) is 0. The van der Waals surface area contributed by atoms with Gasteiger partial charge in [0.2, 0.25) is 0 Å². The molecule has 0 N–H and O–H groups in total. The highest BCUT2D eigenvalue weighted by atomic mass is 16.5. The number of rotatable bonds is 1. The van der Waals surface area contributed by atoms with Crippen LogP contribution in [0.15, 0.2) is 36.4 Å². The van der Waals surface area contributed by atoms with Crippen molar-refractivity contribution in [2.24, 2.45) is 0 Å². The summed E-state index contributed by atoms with van der Waals surface area (Å²) in [6, 6.07) is 10.1. The van der Waals surface area contributed by atoms with Gasteiger partial charge in [0.05, 0.1) is 19.6 Å². The Kier molecular flexibility index (Phi) is 2.91. The van der Waals surface area contributed by atoms with E-state index in [-0.39, 0.29) is 17.6 Å². The molecule has 25 heavy (non-hydrogen) atoms. The zero-order valence-corrected chi connectivity index (χ0v) is 14.5. The SMILES string of the molecule is COc1ccc2c(c1)OCC1c3cc4c(cc3OC21)OC(C)(C)C=C4. The minimum atomic E-state index is -0.293. The van der Waals surface area contributed by atoms with E-state index < -0.39 is 0 Å². The van der Waals surface area contributed by atoms with Crippen LogP contribution >= 0.6 is 0 Å². The molecule has 0 spiro atoms. The summed E-state index contributed by atoms with van der Waals surface area (Å²) in [4.78, 5) is 0. The molecule has 128 valence electrons. The molecule has 0 radical (unpaired) electrons. The number of methoxy groups -OCH3 is 1. The van der Waals surface area contributed by atoms with Crippen LogP contribution in [-0.2, 0) is 0 Å². The van der Waals surface area contributed by atoms with Gasteiger partial charge in [0.1, 0.15) is 34.7 Å². The predicted molar refractivity (Wildman–Crippen MR) is 94.8 cm³/mol. The number of ether oxygens (including phenoxy) is 4. The summed E-state index contributed by atoms with van der Waals surface area (Å²) in [6.07, 6.45) is 4.20. The van der Waals surface area contributed by atoms with Crippen LogP contribution in [0.4, 0.5) is 0 Å². The molecule has 3 aliphatic rings. The molecule has 2 atom stereocenters. The highest BCUT2D eigenvalue weighted by Gasteiger charge is 2.41. The average Bonchev–Trinajstić information content (AvgIpc) is 2.96. The van der Waals surface area contributed by atoms with Crippen LogP contribution in [0.5, 0.6) is 23.0 Å². The van der Waals surface area contributed by atoms with Gasteiger partial charge in [-0.3, -0.25) is 0 Å². The Hall–Kier alpha value is -2.62. The number of fused-ring (bicyclic) bond motifs is 6. The number of benzene rings is 2. The molecule has 3 aliphatic heterocycles. The molecule has 0 aliphatic carbocycles. The lowest BCUT2D eigenvalue weighted by Crippen LogP contribution is -2.27. The molecule has 0 saturated heterocycles. The fourth-order valence-corrected chi connectivity index (χ4v) is 3.83. The van der Waals surface area contributed by atoms with Crippen molar-refractivity contribution in [3.63, 3.8) is 0 Å². The Morgan fingerprint density at radius 2 is 1.92 bits per heavy atom. The Balaban J connectivity index is 1.55. The third kappa shape index (κ3) is 2.20. The molecule has 0 amide bonds. The Labute approximate surface area is 147 Å². The van der Waals surface area contributed by atoms with Crippen molar-refractivity contribution in [1.82, 2.24) is 0 Å². The lowest BCUT2D eigenvalue weighted by Gasteiger charge is -2.28. The van der Waals surface area contributed by atoms with E-state index in [2.05, 4.69) is 32.1 Å². The second kappa shape index (κ2) is 4.94. The van der Waals surface area contributed by atoms with E-state index >= 15 is 0 Å². The van der Waals surface area contributed by atoms with Crippen LogP contribution in [-0.4, -0.2) is 19.3 Å². The van der Waals surface area contributed by atoms with Crippen molar-refractivity contribution in [3.05, 3.63) is 53.1 Å². The van der Waals surface area contributed by atoms with Gasteiger partial charge in [0.25, 0.3) is 0 Å². The first-order valence-corrected chi connectivity index (χ1v) is 8.58. The number of hydrogen-bond acceptors (Lipinski definition) is 4. The maximum Gasteiger partial charge on any atom is 0.138 e. The summed E-state index contributed by atoms with van der Waals surface area (Å²) in [5, 5.41) is 0. The van der Waals surface area contributed by atoms with Gasteiger partial charge < -0.3 is 18.9 Å². The smallest absolute Gasteiger partial charge is 0.138 e. The largest absolute Gasteiger partial charge is 0.497 e. The summed E-state index contributed by atoms with van der Waals surface area (Å²) in [5.41, 5.74) is 3.07. The maximum atomic E-state index is 6.32. The summed E-state index contributed by atoms with van der Waals surface area (Å²) in [6.45, 7) is 4.71. The van der Waals surface area contributed by atoms with Gasteiger partial charge in [0.15, 0.2) is 0 Å². The topological polar surface area (TPSA) is 36.9 Å². The molecule has 2 aromatic rings. The molecular formula is C21H20O4. The van der Waals surface area contributed by atoms with Crippen molar-refractivity contribution in [1.29, 1.82) is 0 Å². The minimum Gasteiger partial charge on any atom is -0.497 e. The van der Waals surface area contributed by atoms with Crippen LogP contribution in [0, 0.1) is 0 Å². The molecule has 4 nitrogen and oxygen atoms in total. The summed E-state index contributed by atoms with van der Waals surface area (Å²) >= 11 is 0. The van der Waals surface area contributed by atoms with E-state index in [1.165, 1.54) is 5.56 Å². The predicted octanol–water partition coefficient (Wildman–Crippen LogP) is 4.49. The first-order chi connectivity index (χ1) is 12.0. The van der Waals surface area contributed by atoms with Crippen molar-refractivity contribution in [2.45, 2.75) is 31.5 Å². The Morgan fingerprint density at radius 3 is 2.76 bits per heavy atom.